The second kappa shape index (κ2) is 5.56. The van der Waals surface area contributed by atoms with E-state index in [-0.39, 0.29) is 12.1 Å². The molecule has 0 aliphatic heterocycles. The van der Waals surface area contributed by atoms with Crippen LogP contribution < -0.4 is 4.18 Å². The molecule has 1 aromatic rings. The second-order valence-corrected chi connectivity index (χ2v) is 4.98. The molecule has 0 saturated heterocycles. The smallest absolute Gasteiger partial charge is 0.351 e. The summed E-state index contributed by atoms with van der Waals surface area (Å²) in [4.78, 5) is 0. The minimum Gasteiger partial charge on any atom is -0.351 e. The number of hydrogen-bond acceptors (Lipinski definition) is 5. The highest BCUT2D eigenvalue weighted by atomic mass is 32.3. The molecule has 0 amide bonds. The van der Waals surface area contributed by atoms with Crippen LogP contribution in [0.25, 0.3) is 0 Å². The van der Waals surface area contributed by atoms with Gasteiger partial charge in [-0.05, 0) is 24.6 Å². The highest BCUT2D eigenvalue weighted by molar-refractivity contribution is 7.82. The van der Waals surface area contributed by atoms with Gasteiger partial charge in [0.2, 0.25) is 0 Å². The van der Waals surface area contributed by atoms with E-state index in [4.69, 9.17) is 5.26 Å². The highest BCUT2D eigenvalue weighted by Crippen LogP contribution is 2.42. The van der Waals surface area contributed by atoms with Crippen molar-refractivity contribution in [1.29, 1.82) is 5.26 Å². The molecule has 1 rings (SSSR count). The fraction of sp³-hybridized carbons (Fsp3) is 0.300. The number of halogens is 6. The molecule has 12 heteroatoms. The van der Waals surface area contributed by atoms with Gasteiger partial charge in [0.05, 0.1) is 5.56 Å². The van der Waals surface area contributed by atoms with Gasteiger partial charge in [-0.15, -0.1) is 13.7 Å². The zero-order valence-electron chi connectivity index (χ0n) is 10.4. The summed E-state index contributed by atoms with van der Waals surface area (Å²) in [7, 11) is -5.18. The Hall–Kier alpha value is -2.16. The SMILES string of the molecule is Cc1cc(C(F)(F)F)cc(C(F)(F)F)c1OS(=O)(=O)OC#N. The highest BCUT2D eigenvalue weighted by Gasteiger charge is 2.41. The molecule has 0 saturated carbocycles. The Morgan fingerprint density at radius 3 is 2.05 bits per heavy atom. The average molecular weight is 349 g/mol. The van der Waals surface area contributed by atoms with Gasteiger partial charge in [0.15, 0.2) is 5.75 Å². The van der Waals surface area contributed by atoms with Crippen LogP contribution in [0.4, 0.5) is 26.3 Å². The van der Waals surface area contributed by atoms with E-state index in [1.165, 1.54) is 0 Å². The second-order valence-electron chi connectivity index (χ2n) is 3.83. The molecule has 0 N–H and O–H groups in total. The van der Waals surface area contributed by atoms with Gasteiger partial charge < -0.3 is 4.18 Å². The maximum Gasteiger partial charge on any atom is 0.511 e. The molecule has 0 aliphatic carbocycles. The van der Waals surface area contributed by atoms with Gasteiger partial charge in [0.25, 0.3) is 0 Å². The monoisotopic (exact) mass is 349 g/mol. The van der Waals surface area contributed by atoms with Crippen LogP contribution in [0.5, 0.6) is 5.75 Å². The van der Waals surface area contributed by atoms with Gasteiger partial charge in [-0.25, -0.2) is 0 Å². The van der Waals surface area contributed by atoms with Gasteiger partial charge >= 0.3 is 29.0 Å². The van der Waals surface area contributed by atoms with E-state index in [9.17, 15) is 34.8 Å². The molecule has 0 spiro atoms. The van der Waals surface area contributed by atoms with Crippen molar-refractivity contribution in [3.63, 3.8) is 0 Å². The van der Waals surface area contributed by atoms with E-state index in [0.29, 0.717) is 6.26 Å². The topological polar surface area (TPSA) is 76.4 Å². The summed E-state index contributed by atoms with van der Waals surface area (Å²) in [5.41, 5.74) is -4.36. The Labute approximate surface area is 120 Å². The standard InChI is InChI=1S/C10H5F6NO4S/c1-5-2-6(9(11,12)13)3-7(10(14,15)16)8(5)21-22(18,19)20-4-17/h2-3H,1H3. The minimum atomic E-state index is -5.33. The lowest BCUT2D eigenvalue weighted by Crippen LogP contribution is -2.18. The zero-order chi connectivity index (χ0) is 17.3. The number of alkyl halides is 6. The molecule has 0 atom stereocenters. The summed E-state index contributed by atoms with van der Waals surface area (Å²) in [5, 5.41) is 8.03. The van der Waals surface area contributed by atoms with Crippen molar-refractivity contribution in [2.75, 3.05) is 0 Å². The van der Waals surface area contributed by atoms with Crippen LogP contribution in [0.1, 0.15) is 16.7 Å². The molecule has 0 unspecified atom stereocenters. The molecule has 22 heavy (non-hydrogen) atoms. The summed E-state index contributed by atoms with van der Waals surface area (Å²) in [5.74, 6) is -1.41. The third-order valence-corrected chi connectivity index (χ3v) is 2.88. The molecule has 0 radical (unpaired) electrons. The van der Waals surface area contributed by atoms with Crippen LogP contribution in [0.15, 0.2) is 12.1 Å². The Balaban J connectivity index is 3.55. The van der Waals surface area contributed by atoms with E-state index in [1.807, 2.05) is 0 Å². The number of rotatable bonds is 3. The van der Waals surface area contributed by atoms with Crippen LogP contribution >= 0.6 is 0 Å². The normalized spacial score (nSPS) is 12.6. The number of nitriles is 1. The molecular formula is C10H5F6NO4S. The lowest BCUT2D eigenvalue weighted by molar-refractivity contribution is -0.143. The van der Waals surface area contributed by atoms with E-state index < -0.39 is 45.2 Å². The third kappa shape index (κ3) is 4.17. The van der Waals surface area contributed by atoms with Crippen LogP contribution in [-0.2, 0) is 26.9 Å². The molecule has 1 aromatic carbocycles. The molecule has 0 bridgehead atoms. The number of nitrogens with zero attached hydrogens (tertiary/aromatic N) is 1. The van der Waals surface area contributed by atoms with E-state index in [2.05, 4.69) is 8.37 Å². The molecular weight excluding hydrogens is 344 g/mol. The molecule has 0 heterocycles. The first-order chi connectivity index (χ1) is 9.78. The predicted molar refractivity (Wildman–Crippen MR) is 57.4 cm³/mol. The van der Waals surface area contributed by atoms with Crippen molar-refractivity contribution in [2.45, 2.75) is 19.3 Å². The number of aryl methyl sites for hydroxylation is 1. The van der Waals surface area contributed by atoms with E-state index >= 15 is 0 Å². The molecule has 0 aliphatic rings. The summed E-state index contributed by atoms with van der Waals surface area (Å²) in [6.45, 7) is 0.779. The molecule has 122 valence electrons. The minimum absolute atomic E-state index is 0.270. The predicted octanol–water partition coefficient (Wildman–Crippen LogP) is 3.15. The summed E-state index contributed by atoms with van der Waals surface area (Å²) < 4.78 is 105. The number of benzene rings is 1. The van der Waals surface area contributed by atoms with Gasteiger partial charge in [-0.2, -0.15) is 26.3 Å². The summed E-state index contributed by atoms with van der Waals surface area (Å²) >= 11 is 0. The average Bonchev–Trinajstić information content (AvgIpc) is 2.28. The van der Waals surface area contributed by atoms with E-state index in [0.717, 1.165) is 6.92 Å². The Bertz CT molecular complexity index is 717. The molecule has 0 aromatic heterocycles. The van der Waals surface area contributed by atoms with E-state index in [1.54, 1.807) is 0 Å². The van der Waals surface area contributed by atoms with Crippen molar-refractivity contribution in [3.05, 3.63) is 28.8 Å². The van der Waals surface area contributed by atoms with Crippen molar-refractivity contribution in [3.8, 4) is 12.0 Å². The van der Waals surface area contributed by atoms with Crippen molar-refractivity contribution in [1.82, 2.24) is 0 Å². The van der Waals surface area contributed by atoms with Gasteiger partial charge in [-0.1, -0.05) is 0 Å². The molecule has 5 nitrogen and oxygen atoms in total. The van der Waals surface area contributed by atoms with Gasteiger partial charge in [-0.3, -0.25) is 4.18 Å². The number of hydrogen-bond donors (Lipinski definition) is 0. The first-order valence-corrected chi connectivity index (χ1v) is 6.42. The summed E-state index contributed by atoms with van der Waals surface area (Å²) in [6.07, 6.45) is -9.74. The van der Waals surface area contributed by atoms with Gasteiger partial charge in [0.1, 0.15) is 5.56 Å². The Morgan fingerprint density at radius 2 is 1.64 bits per heavy atom. The van der Waals surface area contributed by atoms with Crippen LogP contribution in [0, 0.1) is 18.4 Å². The van der Waals surface area contributed by atoms with Crippen molar-refractivity contribution < 1.29 is 43.1 Å². The first-order valence-electron chi connectivity index (χ1n) is 5.09. The fourth-order valence-corrected chi connectivity index (χ4v) is 1.97. The third-order valence-electron chi connectivity index (χ3n) is 2.23. The van der Waals surface area contributed by atoms with Gasteiger partial charge in [0, 0.05) is 0 Å². The van der Waals surface area contributed by atoms with Crippen molar-refractivity contribution in [2.24, 2.45) is 0 Å². The largest absolute Gasteiger partial charge is 0.511 e. The maximum atomic E-state index is 12.8. The first kappa shape index (κ1) is 17.9. The summed E-state index contributed by atoms with van der Waals surface area (Å²) in [6, 6.07) is -0.0311. The van der Waals surface area contributed by atoms with Crippen LogP contribution in [0.3, 0.4) is 0 Å². The van der Waals surface area contributed by atoms with Crippen LogP contribution in [-0.4, -0.2) is 8.42 Å². The Kier molecular flexibility index (Phi) is 4.52. The molecule has 0 fully saturated rings. The Morgan fingerprint density at radius 1 is 1.09 bits per heavy atom. The quantitative estimate of drug-likeness (QED) is 0.619. The zero-order valence-corrected chi connectivity index (χ0v) is 11.2. The van der Waals surface area contributed by atoms with Crippen molar-refractivity contribution >= 4 is 10.4 Å². The van der Waals surface area contributed by atoms with Crippen LogP contribution in [0.2, 0.25) is 0 Å². The fourth-order valence-electron chi connectivity index (χ4n) is 1.42. The lowest BCUT2D eigenvalue weighted by atomic mass is 10.0. The lowest BCUT2D eigenvalue weighted by Gasteiger charge is -2.17. The maximum absolute atomic E-state index is 12.8.